The van der Waals surface area contributed by atoms with Crippen molar-refractivity contribution < 1.29 is 9.53 Å². The number of anilines is 1. The highest BCUT2D eigenvalue weighted by Crippen LogP contribution is 2.32. The molecule has 3 rings (SSSR count). The molecule has 3 aromatic rings. The highest BCUT2D eigenvalue weighted by molar-refractivity contribution is 7.22. The lowest BCUT2D eigenvalue weighted by Crippen LogP contribution is -2.35. The molecule has 0 saturated carbocycles. The zero-order valence-corrected chi connectivity index (χ0v) is 19.5. The number of rotatable bonds is 9. The molecule has 2 aromatic heterocycles. The number of thiazole rings is 1. The maximum Gasteiger partial charge on any atom is 0.278 e. The largest absolute Gasteiger partial charge is 0.494 e. The fourth-order valence-electron chi connectivity index (χ4n) is 3.30. The fourth-order valence-corrected chi connectivity index (χ4v) is 4.32. The minimum atomic E-state index is -0.0628. The lowest BCUT2D eigenvalue weighted by atomic mass is 10.3. The molecule has 0 atom stereocenters. The van der Waals surface area contributed by atoms with E-state index in [0.29, 0.717) is 24.0 Å². The molecule has 0 N–H and O–H groups in total. The topological polar surface area (TPSA) is 63.5 Å². The average Bonchev–Trinajstić information content (AvgIpc) is 3.28. The van der Waals surface area contributed by atoms with E-state index in [9.17, 15) is 4.79 Å². The first kappa shape index (κ1) is 22.2. The lowest BCUT2D eigenvalue weighted by Gasteiger charge is -2.22. The van der Waals surface area contributed by atoms with Crippen molar-refractivity contribution in [2.75, 3.05) is 38.7 Å². The van der Waals surface area contributed by atoms with Crippen molar-refractivity contribution in [3.8, 4) is 5.75 Å². The second-order valence-corrected chi connectivity index (χ2v) is 8.89. The van der Waals surface area contributed by atoms with Gasteiger partial charge in [-0.15, -0.1) is 0 Å². The van der Waals surface area contributed by atoms with Crippen LogP contribution in [-0.2, 0) is 0 Å². The molecule has 0 bridgehead atoms. The Labute approximate surface area is 182 Å². The van der Waals surface area contributed by atoms with Crippen molar-refractivity contribution in [2.45, 2.75) is 40.2 Å². The molecule has 0 radical (unpaired) electrons. The van der Waals surface area contributed by atoms with Crippen molar-refractivity contribution in [3.05, 3.63) is 35.7 Å². The summed E-state index contributed by atoms with van der Waals surface area (Å²) in [6.07, 6.45) is 0.855. The molecule has 1 aromatic carbocycles. The number of benzene rings is 1. The van der Waals surface area contributed by atoms with Gasteiger partial charge in [0.25, 0.3) is 5.91 Å². The number of hydrogen-bond donors (Lipinski definition) is 0. The van der Waals surface area contributed by atoms with Gasteiger partial charge in [0, 0.05) is 12.6 Å². The SMILES string of the molecule is CCOc1ccc2nc(N(CCCN(C)C)C(=O)c3cc(C)nn3C(C)C)sc2c1. The van der Waals surface area contributed by atoms with E-state index in [1.165, 1.54) is 11.3 Å². The van der Waals surface area contributed by atoms with E-state index >= 15 is 0 Å². The highest BCUT2D eigenvalue weighted by Gasteiger charge is 2.25. The van der Waals surface area contributed by atoms with Crippen LogP contribution in [0.4, 0.5) is 5.13 Å². The number of nitrogens with zero attached hydrogens (tertiary/aromatic N) is 5. The molecule has 0 saturated heterocycles. The normalized spacial score (nSPS) is 11.6. The van der Waals surface area contributed by atoms with E-state index in [1.807, 2.05) is 66.1 Å². The van der Waals surface area contributed by atoms with E-state index in [2.05, 4.69) is 10.00 Å². The number of ether oxygens (including phenoxy) is 1. The van der Waals surface area contributed by atoms with Gasteiger partial charge in [-0.05, 0) is 79.0 Å². The Morgan fingerprint density at radius 2 is 2.00 bits per heavy atom. The van der Waals surface area contributed by atoms with Gasteiger partial charge in [0.2, 0.25) is 0 Å². The van der Waals surface area contributed by atoms with Gasteiger partial charge < -0.3 is 9.64 Å². The zero-order valence-electron chi connectivity index (χ0n) is 18.7. The first-order chi connectivity index (χ1) is 14.3. The minimum Gasteiger partial charge on any atom is -0.494 e. The summed E-state index contributed by atoms with van der Waals surface area (Å²) in [6.45, 7) is 10.1. The quantitative estimate of drug-likeness (QED) is 0.505. The Balaban J connectivity index is 1.98. The number of carbonyl (C=O) groups is 1. The maximum atomic E-state index is 13.6. The van der Waals surface area contributed by atoms with Gasteiger partial charge in [-0.25, -0.2) is 4.98 Å². The molecule has 8 heteroatoms. The molecular weight excluding hydrogens is 398 g/mol. The predicted octanol–water partition coefficient (Wildman–Crippen LogP) is 4.38. The summed E-state index contributed by atoms with van der Waals surface area (Å²) in [5.74, 6) is 0.756. The summed E-state index contributed by atoms with van der Waals surface area (Å²) < 4.78 is 8.43. The first-order valence-corrected chi connectivity index (χ1v) is 11.2. The van der Waals surface area contributed by atoms with Gasteiger partial charge in [0.15, 0.2) is 5.13 Å². The Kier molecular flexibility index (Phi) is 7.10. The van der Waals surface area contributed by atoms with E-state index in [4.69, 9.17) is 9.72 Å². The summed E-state index contributed by atoms with van der Waals surface area (Å²) in [5.41, 5.74) is 2.31. The van der Waals surface area contributed by atoms with Crippen molar-refractivity contribution in [1.82, 2.24) is 19.7 Å². The molecule has 0 unspecified atom stereocenters. The summed E-state index contributed by atoms with van der Waals surface area (Å²) >= 11 is 1.52. The fraction of sp³-hybridized carbons (Fsp3) is 0.500. The van der Waals surface area contributed by atoms with Crippen LogP contribution in [0, 0.1) is 6.92 Å². The summed E-state index contributed by atoms with van der Waals surface area (Å²) in [5, 5.41) is 5.22. The first-order valence-electron chi connectivity index (χ1n) is 10.4. The van der Waals surface area contributed by atoms with Gasteiger partial charge in [0.05, 0.1) is 22.5 Å². The van der Waals surface area contributed by atoms with Crippen molar-refractivity contribution in [3.63, 3.8) is 0 Å². The standard InChI is InChI=1S/C22H31N5O2S/c1-7-29-17-9-10-18-20(14-17)30-22(23-18)26(12-8-11-25(5)6)21(28)19-13-16(4)24-27(19)15(2)3/h9-10,13-15H,7-8,11-12H2,1-6H3. The molecule has 0 aliphatic heterocycles. The Morgan fingerprint density at radius 1 is 1.23 bits per heavy atom. The van der Waals surface area contributed by atoms with Gasteiger partial charge >= 0.3 is 0 Å². The van der Waals surface area contributed by atoms with Crippen LogP contribution in [0.1, 0.15) is 49.4 Å². The van der Waals surface area contributed by atoms with E-state index in [1.54, 1.807) is 9.58 Å². The molecule has 162 valence electrons. The third-order valence-corrected chi connectivity index (χ3v) is 5.73. The Bertz CT molecular complexity index is 1010. The molecular formula is C22H31N5O2S. The van der Waals surface area contributed by atoms with Gasteiger partial charge in [-0.2, -0.15) is 5.10 Å². The smallest absolute Gasteiger partial charge is 0.278 e. The van der Waals surface area contributed by atoms with Crippen molar-refractivity contribution in [1.29, 1.82) is 0 Å². The van der Waals surface area contributed by atoms with Crippen molar-refractivity contribution >= 4 is 32.6 Å². The van der Waals surface area contributed by atoms with Crippen LogP contribution in [-0.4, -0.2) is 59.4 Å². The second kappa shape index (κ2) is 9.57. The van der Waals surface area contributed by atoms with E-state index in [0.717, 1.165) is 34.6 Å². The monoisotopic (exact) mass is 429 g/mol. The van der Waals surface area contributed by atoms with Crippen LogP contribution in [0.25, 0.3) is 10.2 Å². The van der Waals surface area contributed by atoms with Gasteiger partial charge in [-0.3, -0.25) is 14.4 Å². The average molecular weight is 430 g/mol. The minimum absolute atomic E-state index is 0.0628. The molecule has 1 amide bonds. The Hall–Kier alpha value is -2.45. The maximum absolute atomic E-state index is 13.6. The van der Waals surface area contributed by atoms with Crippen LogP contribution >= 0.6 is 11.3 Å². The zero-order chi connectivity index (χ0) is 21.8. The molecule has 7 nitrogen and oxygen atoms in total. The molecule has 30 heavy (non-hydrogen) atoms. The predicted molar refractivity (Wildman–Crippen MR) is 123 cm³/mol. The summed E-state index contributed by atoms with van der Waals surface area (Å²) in [7, 11) is 4.08. The number of carbonyl (C=O) groups excluding carboxylic acids is 1. The van der Waals surface area contributed by atoms with Crippen LogP contribution in [0.15, 0.2) is 24.3 Å². The number of aryl methyl sites for hydroxylation is 1. The van der Waals surface area contributed by atoms with Crippen LogP contribution in [0.5, 0.6) is 5.75 Å². The third kappa shape index (κ3) is 4.99. The lowest BCUT2D eigenvalue weighted by molar-refractivity contribution is 0.0974. The number of fused-ring (bicyclic) bond motifs is 1. The second-order valence-electron chi connectivity index (χ2n) is 7.88. The molecule has 2 heterocycles. The molecule has 0 aliphatic carbocycles. The van der Waals surface area contributed by atoms with Crippen LogP contribution < -0.4 is 9.64 Å². The summed E-state index contributed by atoms with van der Waals surface area (Å²) in [6, 6.07) is 7.83. The van der Waals surface area contributed by atoms with Gasteiger partial charge in [0.1, 0.15) is 11.4 Å². The number of hydrogen-bond acceptors (Lipinski definition) is 6. The third-order valence-electron chi connectivity index (χ3n) is 4.69. The molecule has 0 fully saturated rings. The Morgan fingerprint density at radius 3 is 2.67 bits per heavy atom. The van der Waals surface area contributed by atoms with Crippen LogP contribution in [0.2, 0.25) is 0 Å². The number of aromatic nitrogens is 3. The molecule has 0 spiro atoms. The van der Waals surface area contributed by atoms with E-state index in [-0.39, 0.29) is 11.9 Å². The van der Waals surface area contributed by atoms with Crippen LogP contribution in [0.3, 0.4) is 0 Å². The van der Waals surface area contributed by atoms with Crippen molar-refractivity contribution in [2.24, 2.45) is 0 Å². The summed E-state index contributed by atoms with van der Waals surface area (Å²) in [4.78, 5) is 22.3. The van der Waals surface area contributed by atoms with Gasteiger partial charge in [-0.1, -0.05) is 11.3 Å². The number of amides is 1. The van der Waals surface area contributed by atoms with E-state index < -0.39 is 0 Å². The highest BCUT2D eigenvalue weighted by atomic mass is 32.1. The molecule has 0 aliphatic rings.